The fraction of sp³-hybridized carbons (Fsp3) is 0.545. The summed E-state index contributed by atoms with van der Waals surface area (Å²) in [5.41, 5.74) is 12.0. The van der Waals surface area contributed by atoms with E-state index in [2.05, 4.69) is 25.3 Å². The Kier molecular flexibility index (Phi) is 4.41. The van der Waals surface area contributed by atoms with Crippen molar-refractivity contribution in [3.05, 3.63) is 17.7 Å². The van der Waals surface area contributed by atoms with E-state index in [1.165, 1.54) is 0 Å². The zero-order chi connectivity index (χ0) is 14.5. The van der Waals surface area contributed by atoms with Crippen LogP contribution in [0.25, 0.3) is 0 Å². The van der Waals surface area contributed by atoms with E-state index in [9.17, 15) is 0 Å². The average Bonchev–Trinajstić information content (AvgIpc) is 2.83. The molecule has 0 radical (unpaired) electrons. The maximum Gasteiger partial charge on any atom is 0.229 e. The third-order valence-electron chi connectivity index (χ3n) is 2.61. The topological polar surface area (TPSA) is 125 Å². The van der Waals surface area contributed by atoms with Crippen LogP contribution in [0.5, 0.6) is 0 Å². The summed E-state index contributed by atoms with van der Waals surface area (Å²) in [6.45, 7) is 1.05. The van der Waals surface area contributed by atoms with Crippen LogP contribution in [0.4, 0.5) is 11.9 Å². The molecule has 2 rings (SSSR count). The number of aryl methyl sites for hydroxylation is 1. The second-order valence-electron chi connectivity index (χ2n) is 4.60. The first-order valence-electron chi connectivity index (χ1n) is 6.35. The molecule has 0 saturated carbocycles. The molecule has 0 aliphatic rings. The number of hydrogen-bond acceptors (Lipinski definition) is 8. The number of hydrogen-bond donors (Lipinski definition) is 2. The van der Waals surface area contributed by atoms with Crippen LogP contribution in [-0.4, -0.2) is 50.6 Å². The number of aromatic nitrogens is 6. The molecule has 9 heteroatoms. The summed E-state index contributed by atoms with van der Waals surface area (Å²) >= 11 is 0. The second kappa shape index (κ2) is 6.24. The predicted molar refractivity (Wildman–Crippen MR) is 75.1 cm³/mol. The molecule has 2 heterocycles. The van der Waals surface area contributed by atoms with Gasteiger partial charge in [0.05, 0.1) is 5.69 Å². The maximum absolute atomic E-state index is 5.67. The molecule has 9 nitrogen and oxygen atoms in total. The summed E-state index contributed by atoms with van der Waals surface area (Å²) in [4.78, 5) is 14.2. The van der Waals surface area contributed by atoms with Gasteiger partial charge in [0.25, 0.3) is 0 Å². The highest BCUT2D eigenvalue weighted by Crippen LogP contribution is 2.07. The Balaban J connectivity index is 2.11. The van der Waals surface area contributed by atoms with E-state index in [0.717, 1.165) is 18.5 Å². The lowest BCUT2D eigenvalue weighted by atomic mass is 10.2. The summed E-state index contributed by atoms with van der Waals surface area (Å²) < 4.78 is 1.68. The highest BCUT2D eigenvalue weighted by molar-refractivity contribution is 5.32. The van der Waals surface area contributed by atoms with Crippen LogP contribution < -0.4 is 16.4 Å². The van der Waals surface area contributed by atoms with Crippen LogP contribution in [0.2, 0.25) is 0 Å². The first kappa shape index (κ1) is 14.1. The number of nitrogens with two attached hydrogens (primary N) is 2. The molecule has 0 aliphatic carbocycles. The monoisotopic (exact) mass is 277 g/mol. The minimum atomic E-state index is 0.196. The molecular weight excluding hydrogens is 258 g/mol. The van der Waals surface area contributed by atoms with Gasteiger partial charge in [-0.1, -0.05) is 5.21 Å². The van der Waals surface area contributed by atoms with Crippen molar-refractivity contribution >= 4 is 11.9 Å². The van der Waals surface area contributed by atoms with Crippen molar-refractivity contribution in [1.29, 1.82) is 0 Å². The molecule has 20 heavy (non-hydrogen) atoms. The fourth-order valence-corrected chi connectivity index (χ4v) is 1.65. The molecule has 0 amide bonds. The van der Waals surface area contributed by atoms with Gasteiger partial charge in [0.2, 0.25) is 11.9 Å². The van der Waals surface area contributed by atoms with Crippen molar-refractivity contribution in [2.45, 2.75) is 19.4 Å². The van der Waals surface area contributed by atoms with Gasteiger partial charge in [-0.2, -0.15) is 15.0 Å². The molecule has 0 unspecified atom stereocenters. The van der Waals surface area contributed by atoms with Gasteiger partial charge in [-0.05, 0) is 19.4 Å². The second-order valence-corrected chi connectivity index (χ2v) is 4.60. The van der Waals surface area contributed by atoms with Gasteiger partial charge in [0, 0.05) is 20.3 Å². The zero-order valence-electron chi connectivity index (χ0n) is 11.7. The lowest BCUT2D eigenvalue weighted by molar-refractivity contribution is 0.622. The quantitative estimate of drug-likeness (QED) is 0.692. The molecule has 0 fully saturated rings. The first-order valence-corrected chi connectivity index (χ1v) is 6.35. The van der Waals surface area contributed by atoms with E-state index >= 15 is 0 Å². The van der Waals surface area contributed by atoms with E-state index in [4.69, 9.17) is 11.5 Å². The van der Waals surface area contributed by atoms with Crippen molar-refractivity contribution in [3.8, 4) is 0 Å². The Hall–Kier alpha value is -2.29. The van der Waals surface area contributed by atoms with Crippen LogP contribution in [0, 0.1) is 0 Å². The summed E-state index contributed by atoms with van der Waals surface area (Å²) in [6, 6.07) is 0. The molecule has 0 saturated heterocycles. The van der Waals surface area contributed by atoms with Crippen molar-refractivity contribution in [2.24, 2.45) is 5.73 Å². The smallest absolute Gasteiger partial charge is 0.229 e. The predicted octanol–water partition coefficient (Wildman–Crippen LogP) is -0.949. The fourth-order valence-electron chi connectivity index (χ4n) is 1.65. The highest BCUT2D eigenvalue weighted by Gasteiger charge is 2.08. The molecule has 0 atom stereocenters. The summed E-state index contributed by atoms with van der Waals surface area (Å²) in [6.07, 6.45) is 3.58. The summed E-state index contributed by atoms with van der Waals surface area (Å²) in [5.74, 6) is 1.27. The standard InChI is InChI=1S/C11H19N9/c1-19(2)11-15-9(14-10(13)16-11)7-20-6-8(17-18-20)4-3-5-12/h6H,3-5,7,12H2,1-2H3,(H2,13,14,15,16). The number of nitrogen functional groups attached to an aromatic ring is 1. The van der Waals surface area contributed by atoms with Crippen LogP contribution >= 0.6 is 0 Å². The Morgan fingerprint density at radius 3 is 2.75 bits per heavy atom. The van der Waals surface area contributed by atoms with Crippen LogP contribution in [0.1, 0.15) is 17.9 Å². The first-order chi connectivity index (χ1) is 9.58. The Morgan fingerprint density at radius 1 is 1.25 bits per heavy atom. The van der Waals surface area contributed by atoms with E-state index < -0.39 is 0 Å². The highest BCUT2D eigenvalue weighted by atomic mass is 15.4. The number of nitrogens with zero attached hydrogens (tertiary/aromatic N) is 7. The largest absolute Gasteiger partial charge is 0.368 e. The minimum absolute atomic E-state index is 0.196. The summed E-state index contributed by atoms with van der Waals surface area (Å²) in [7, 11) is 3.69. The molecule has 2 aromatic heterocycles. The van der Waals surface area contributed by atoms with Gasteiger partial charge in [-0.25, -0.2) is 4.68 Å². The number of anilines is 2. The third-order valence-corrected chi connectivity index (χ3v) is 2.61. The van der Waals surface area contributed by atoms with E-state index in [0.29, 0.717) is 24.9 Å². The molecule has 108 valence electrons. The lowest BCUT2D eigenvalue weighted by Crippen LogP contribution is -2.17. The van der Waals surface area contributed by atoms with E-state index in [1.807, 2.05) is 20.3 Å². The van der Waals surface area contributed by atoms with Crippen molar-refractivity contribution in [1.82, 2.24) is 29.9 Å². The maximum atomic E-state index is 5.67. The molecular formula is C11H19N9. The van der Waals surface area contributed by atoms with Crippen LogP contribution in [0.3, 0.4) is 0 Å². The Morgan fingerprint density at radius 2 is 2.05 bits per heavy atom. The molecule has 4 N–H and O–H groups in total. The van der Waals surface area contributed by atoms with Gasteiger partial charge in [0.1, 0.15) is 6.54 Å². The average molecular weight is 277 g/mol. The summed E-state index contributed by atoms with van der Waals surface area (Å²) in [5, 5.41) is 8.11. The molecule has 0 aliphatic heterocycles. The molecule has 2 aromatic rings. The van der Waals surface area contributed by atoms with Crippen LogP contribution in [0.15, 0.2) is 6.20 Å². The van der Waals surface area contributed by atoms with Gasteiger partial charge in [0.15, 0.2) is 5.82 Å². The Labute approximate surface area is 117 Å². The molecule has 0 aromatic carbocycles. The molecule has 0 spiro atoms. The Bertz CT molecular complexity index is 563. The van der Waals surface area contributed by atoms with Crippen molar-refractivity contribution < 1.29 is 0 Å². The van der Waals surface area contributed by atoms with E-state index in [-0.39, 0.29) is 5.95 Å². The normalized spacial score (nSPS) is 10.8. The number of rotatable bonds is 6. The zero-order valence-corrected chi connectivity index (χ0v) is 11.7. The van der Waals surface area contributed by atoms with Gasteiger partial charge in [-0.15, -0.1) is 5.10 Å². The van der Waals surface area contributed by atoms with Gasteiger partial charge < -0.3 is 16.4 Å². The third kappa shape index (κ3) is 3.60. The SMILES string of the molecule is CN(C)c1nc(N)nc(Cn2cc(CCCN)nn2)n1. The van der Waals surface area contributed by atoms with E-state index in [1.54, 1.807) is 9.58 Å². The molecule has 0 bridgehead atoms. The van der Waals surface area contributed by atoms with Crippen molar-refractivity contribution in [3.63, 3.8) is 0 Å². The minimum Gasteiger partial charge on any atom is -0.368 e. The van der Waals surface area contributed by atoms with Gasteiger partial charge in [-0.3, -0.25) is 0 Å². The lowest BCUT2D eigenvalue weighted by Gasteiger charge is -2.11. The van der Waals surface area contributed by atoms with Crippen molar-refractivity contribution in [2.75, 3.05) is 31.3 Å². The van der Waals surface area contributed by atoms with Crippen LogP contribution in [-0.2, 0) is 13.0 Å². The van der Waals surface area contributed by atoms with Gasteiger partial charge >= 0.3 is 0 Å².